The van der Waals surface area contributed by atoms with E-state index in [0.29, 0.717) is 18.8 Å². The quantitative estimate of drug-likeness (QED) is 0.595. The largest absolute Gasteiger partial charge is 0.388 e. The molecular weight excluding hydrogens is 264 g/mol. The number of aliphatic hydroxyl groups is 1. The van der Waals surface area contributed by atoms with E-state index in [4.69, 9.17) is 16.3 Å². The van der Waals surface area contributed by atoms with Crippen molar-refractivity contribution >= 4 is 17.4 Å². The maximum absolute atomic E-state index is 12.2. The fourth-order valence-electron chi connectivity index (χ4n) is 4.23. The van der Waals surface area contributed by atoms with E-state index in [2.05, 4.69) is 13.8 Å². The van der Waals surface area contributed by atoms with Gasteiger partial charge in [-0.05, 0) is 43.4 Å². The molecule has 0 unspecified atom stereocenters. The average Bonchev–Trinajstić information content (AvgIpc) is 3.01. The summed E-state index contributed by atoms with van der Waals surface area (Å²) < 4.78 is 5.68. The molecule has 19 heavy (non-hydrogen) atoms. The number of alkyl halides is 1. The molecule has 0 bridgehead atoms. The minimum Gasteiger partial charge on any atom is -0.388 e. The SMILES string of the molecule is CC1(C)C[C@@H]2[C@@H]1C[C@H]1O[C@@]1(C)C(=O)CC[C@@]2(O)CCl. The highest BCUT2D eigenvalue weighted by molar-refractivity contribution is 6.18. The molecular formula is C15H23ClO3. The summed E-state index contributed by atoms with van der Waals surface area (Å²) in [6, 6.07) is 0. The Balaban J connectivity index is 1.89. The minimum atomic E-state index is -0.884. The molecule has 3 fully saturated rings. The number of halogens is 1. The number of hydrogen-bond acceptors (Lipinski definition) is 3. The van der Waals surface area contributed by atoms with Crippen molar-refractivity contribution in [3.8, 4) is 0 Å². The summed E-state index contributed by atoms with van der Waals surface area (Å²) in [5.41, 5.74) is -1.26. The van der Waals surface area contributed by atoms with Crippen molar-refractivity contribution in [1.82, 2.24) is 0 Å². The van der Waals surface area contributed by atoms with Gasteiger partial charge in [-0.25, -0.2) is 0 Å². The van der Waals surface area contributed by atoms with E-state index >= 15 is 0 Å². The van der Waals surface area contributed by atoms with Gasteiger partial charge in [0.25, 0.3) is 0 Å². The summed E-state index contributed by atoms with van der Waals surface area (Å²) >= 11 is 6.03. The smallest absolute Gasteiger partial charge is 0.167 e. The number of carbonyl (C=O) groups is 1. The molecule has 4 heteroatoms. The molecule has 1 heterocycles. The van der Waals surface area contributed by atoms with Crippen molar-refractivity contribution in [3.05, 3.63) is 0 Å². The Morgan fingerprint density at radius 2 is 2.05 bits per heavy atom. The van der Waals surface area contributed by atoms with Crippen molar-refractivity contribution < 1.29 is 14.6 Å². The van der Waals surface area contributed by atoms with E-state index in [-0.39, 0.29) is 29.1 Å². The molecule has 1 saturated heterocycles. The van der Waals surface area contributed by atoms with Crippen LogP contribution in [0.2, 0.25) is 0 Å². The van der Waals surface area contributed by atoms with Gasteiger partial charge in [0.05, 0.1) is 17.6 Å². The van der Waals surface area contributed by atoms with Gasteiger partial charge in [-0.3, -0.25) is 4.79 Å². The normalized spacial score (nSPS) is 52.1. The standard InChI is InChI=1S/C15H23ClO3/c1-13(2)7-10-9(13)6-12-14(3,19-12)11(17)4-5-15(10,18)8-16/h9-10,12,18H,4-8H2,1-3H3/t9-,10+,12+,14-,15+/m0/s1. The van der Waals surface area contributed by atoms with E-state index in [1.807, 2.05) is 6.92 Å². The Bertz CT molecular complexity index is 422. The van der Waals surface area contributed by atoms with Crippen molar-refractivity contribution in [2.75, 3.05) is 5.88 Å². The Kier molecular flexibility index (Phi) is 2.88. The molecule has 0 amide bonds. The molecule has 0 aromatic rings. The summed E-state index contributed by atoms with van der Waals surface area (Å²) in [5.74, 6) is 0.952. The van der Waals surface area contributed by atoms with Crippen molar-refractivity contribution in [2.24, 2.45) is 17.3 Å². The van der Waals surface area contributed by atoms with Crippen LogP contribution in [0, 0.1) is 17.3 Å². The number of Topliss-reactive ketones (excluding diaryl/α,β-unsaturated/α-hetero) is 1. The van der Waals surface area contributed by atoms with Gasteiger partial charge < -0.3 is 9.84 Å². The molecule has 1 aliphatic heterocycles. The number of ether oxygens (including phenoxy) is 1. The van der Waals surface area contributed by atoms with Crippen LogP contribution in [0.1, 0.15) is 46.5 Å². The first-order valence-corrected chi connectivity index (χ1v) is 7.76. The van der Waals surface area contributed by atoms with Crippen LogP contribution in [0.25, 0.3) is 0 Å². The summed E-state index contributed by atoms with van der Waals surface area (Å²) in [7, 11) is 0. The number of rotatable bonds is 1. The maximum Gasteiger partial charge on any atom is 0.167 e. The lowest BCUT2D eigenvalue weighted by molar-refractivity contribution is -0.145. The first kappa shape index (κ1) is 13.8. The molecule has 1 N–H and O–H groups in total. The molecule has 3 rings (SSSR count). The molecule has 0 aromatic heterocycles. The van der Waals surface area contributed by atoms with Crippen LogP contribution in [0.3, 0.4) is 0 Å². The molecule has 2 aliphatic carbocycles. The monoisotopic (exact) mass is 286 g/mol. The second-order valence-corrected chi connectivity index (χ2v) is 7.78. The predicted molar refractivity (Wildman–Crippen MR) is 73.2 cm³/mol. The topological polar surface area (TPSA) is 49.8 Å². The van der Waals surface area contributed by atoms with Crippen LogP contribution < -0.4 is 0 Å². The Morgan fingerprint density at radius 3 is 2.63 bits per heavy atom. The zero-order valence-electron chi connectivity index (χ0n) is 11.9. The fourth-order valence-corrected chi connectivity index (χ4v) is 4.56. The van der Waals surface area contributed by atoms with Crippen molar-refractivity contribution in [2.45, 2.75) is 63.8 Å². The van der Waals surface area contributed by atoms with Gasteiger partial charge in [-0.15, -0.1) is 11.6 Å². The number of fused-ring (bicyclic) bond motifs is 2. The lowest BCUT2D eigenvalue weighted by atomic mass is 9.49. The predicted octanol–water partition coefficient (Wildman–Crippen LogP) is 2.53. The van der Waals surface area contributed by atoms with Crippen LogP contribution in [0.5, 0.6) is 0 Å². The van der Waals surface area contributed by atoms with Crippen LogP contribution in [-0.2, 0) is 9.53 Å². The third-order valence-corrected chi connectivity index (χ3v) is 6.37. The summed E-state index contributed by atoms with van der Waals surface area (Å²) in [6.07, 6.45) is 2.75. The zero-order valence-corrected chi connectivity index (χ0v) is 12.7. The maximum atomic E-state index is 12.2. The van der Waals surface area contributed by atoms with Gasteiger partial charge in [0.15, 0.2) is 5.78 Å². The third kappa shape index (κ3) is 1.89. The molecule has 3 nitrogen and oxygen atoms in total. The van der Waals surface area contributed by atoms with Crippen LogP contribution in [0.15, 0.2) is 0 Å². The molecule has 5 atom stereocenters. The highest BCUT2D eigenvalue weighted by Crippen LogP contribution is 2.61. The fraction of sp³-hybridized carbons (Fsp3) is 0.933. The van der Waals surface area contributed by atoms with E-state index in [9.17, 15) is 9.90 Å². The average molecular weight is 287 g/mol. The van der Waals surface area contributed by atoms with Crippen molar-refractivity contribution in [1.29, 1.82) is 0 Å². The molecule has 2 saturated carbocycles. The van der Waals surface area contributed by atoms with Crippen molar-refractivity contribution in [3.63, 3.8) is 0 Å². The van der Waals surface area contributed by atoms with Crippen LogP contribution >= 0.6 is 11.6 Å². The van der Waals surface area contributed by atoms with Crippen LogP contribution in [0.4, 0.5) is 0 Å². The summed E-state index contributed by atoms with van der Waals surface area (Å²) in [4.78, 5) is 12.2. The summed E-state index contributed by atoms with van der Waals surface area (Å²) in [5, 5.41) is 10.8. The van der Waals surface area contributed by atoms with E-state index in [1.165, 1.54) is 0 Å². The highest BCUT2D eigenvalue weighted by Gasteiger charge is 2.64. The van der Waals surface area contributed by atoms with Gasteiger partial charge in [-0.2, -0.15) is 0 Å². The zero-order chi connectivity index (χ0) is 14.1. The second kappa shape index (κ2) is 3.96. The van der Waals surface area contributed by atoms with E-state index < -0.39 is 11.2 Å². The number of carbonyl (C=O) groups excluding carboxylic acids is 1. The van der Waals surface area contributed by atoms with Gasteiger partial charge in [0.2, 0.25) is 0 Å². The Hall–Kier alpha value is -0.120. The van der Waals surface area contributed by atoms with Gasteiger partial charge >= 0.3 is 0 Å². The highest BCUT2D eigenvalue weighted by atomic mass is 35.5. The third-order valence-electron chi connectivity index (χ3n) is 5.91. The van der Waals surface area contributed by atoms with Gasteiger partial charge in [0, 0.05) is 6.42 Å². The van der Waals surface area contributed by atoms with Crippen LogP contribution in [-0.4, -0.2) is 34.1 Å². The number of epoxide rings is 1. The van der Waals surface area contributed by atoms with E-state index in [0.717, 1.165) is 12.8 Å². The Labute approximate surface area is 119 Å². The molecule has 108 valence electrons. The lowest BCUT2D eigenvalue weighted by Gasteiger charge is -2.57. The number of ketones is 1. The molecule has 0 radical (unpaired) electrons. The minimum absolute atomic E-state index is 0.0461. The Morgan fingerprint density at radius 1 is 1.37 bits per heavy atom. The second-order valence-electron chi connectivity index (χ2n) is 7.52. The number of hydrogen-bond donors (Lipinski definition) is 1. The first-order chi connectivity index (χ1) is 8.73. The van der Waals surface area contributed by atoms with E-state index in [1.54, 1.807) is 0 Å². The molecule has 0 spiro atoms. The van der Waals surface area contributed by atoms with Gasteiger partial charge in [0.1, 0.15) is 5.60 Å². The lowest BCUT2D eigenvalue weighted by Crippen LogP contribution is -2.57. The first-order valence-electron chi connectivity index (χ1n) is 7.22. The molecule has 3 aliphatic rings. The summed E-state index contributed by atoms with van der Waals surface area (Å²) in [6.45, 7) is 6.37. The van der Waals surface area contributed by atoms with Gasteiger partial charge in [-0.1, -0.05) is 13.8 Å². The molecule has 0 aromatic carbocycles.